The molecule has 1 aromatic heterocycles. The summed E-state index contributed by atoms with van der Waals surface area (Å²) < 4.78 is 0. The van der Waals surface area contributed by atoms with Gasteiger partial charge in [0, 0.05) is 51.0 Å². The predicted octanol–water partition coefficient (Wildman–Crippen LogP) is 2.85. The Labute approximate surface area is 149 Å². The third-order valence-electron chi connectivity index (χ3n) is 4.79. The summed E-state index contributed by atoms with van der Waals surface area (Å²) in [6.07, 6.45) is 2.36. The first-order valence-corrected chi connectivity index (χ1v) is 8.87. The first-order valence-electron chi connectivity index (χ1n) is 8.87. The van der Waals surface area contributed by atoms with Crippen LogP contribution in [-0.2, 0) is 4.79 Å². The van der Waals surface area contributed by atoms with Gasteiger partial charge in [0.25, 0.3) is 0 Å². The second kappa shape index (κ2) is 8.12. The van der Waals surface area contributed by atoms with Gasteiger partial charge in [0.15, 0.2) is 0 Å². The average Bonchev–Trinajstić information content (AvgIpc) is 2.64. The number of amides is 1. The quantitative estimate of drug-likeness (QED) is 0.911. The highest BCUT2D eigenvalue weighted by Gasteiger charge is 2.18. The summed E-state index contributed by atoms with van der Waals surface area (Å²) in [5, 5.41) is 3.00. The van der Waals surface area contributed by atoms with Gasteiger partial charge >= 0.3 is 0 Å². The van der Waals surface area contributed by atoms with Crippen LogP contribution in [0, 0.1) is 13.8 Å². The highest BCUT2D eigenvalue weighted by Crippen LogP contribution is 2.15. The van der Waals surface area contributed by atoms with Crippen LogP contribution < -0.4 is 10.2 Å². The van der Waals surface area contributed by atoms with Crippen LogP contribution in [0.15, 0.2) is 42.6 Å². The summed E-state index contributed by atoms with van der Waals surface area (Å²) in [4.78, 5) is 21.2. The van der Waals surface area contributed by atoms with Gasteiger partial charge in [-0.25, -0.2) is 4.98 Å². The third kappa shape index (κ3) is 4.79. The van der Waals surface area contributed by atoms with Crippen LogP contribution in [-0.4, -0.2) is 48.5 Å². The minimum absolute atomic E-state index is 0.0791. The summed E-state index contributed by atoms with van der Waals surface area (Å²) in [5.74, 6) is 1.12. The van der Waals surface area contributed by atoms with Gasteiger partial charge < -0.3 is 10.2 Å². The lowest BCUT2D eigenvalue weighted by Gasteiger charge is -2.35. The zero-order valence-electron chi connectivity index (χ0n) is 15.0. The molecule has 25 heavy (non-hydrogen) atoms. The lowest BCUT2D eigenvalue weighted by atomic mass is 10.1. The maximum Gasteiger partial charge on any atom is 0.225 e. The molecule has 0 unspecified atom stereocenters. The van der Waals surface area contributed by atoms with Crippen LogP contribution in [0.25, 0.3) is 0 Å². The molecule has 3 rings (SSSR count). The van der Waals surface area contributed by atoms with Gasteiger partial charge in [0.2, 0.25) is 5.91 Å². The molecule has 1 saturated heterocycles. The van der Waals surface area contributed by atoms with Crippen LogP contribution in [0.4, 0.5) is 11.5 Å². The Morgan fingerprint density at radius 1 is 1.08 bits per heavy atom. The van der Waals surface area contributed by atoms with Crippen LogP contribution in [0.5, 0.6) is 0 Å². The van der Waals surface area contributed by atoms with E-state index >= 15 is 0 Å². The van der Waals surface area contributed by atoms with Crippen molar-refractivity contribution in [2.45, 2.75) is 20.3 Å². The molecule has 0 spiro atoms. The Hall–Kier alpha value is -2.40. The van der Waals surface area contributed by atoms with Crippen molar-refractivity contribution < 1.29 is 4.79 Å². The SMILES string of the molecule is Cc1ccc(NC(=O)CCN2CCN(c3ccccn3)CC2)cc1C. The topological polar surface area (TPSA) is 48.5 Å². The number of aryl methyl sites for hydroxylation is 2. The van der Waals surface area contributed by atoms with Gasteiger partial charge in [0.05, 0.1) is 0 Å². The number of anilines is 2. The number of carbonyl (C=O) groups is 1. The van der Waals surface area contributed by atoms with E-state index in [1.165, 1.54) is 11.1 Å². The van der Waals surface area contributed by atoms with Crippen LogP contribution >= 0.6 is 0 Å². The smallest absolute Gasteiger partial charge is 0.225 e. The van der Waals surface area contributed by atoms with Crippen molar-refractivity contribution >= 4 is 17.4 Å². The highest BCUT2D eigenvalue weighted by atomic mass is 16.1. The molecular formula is C20H26N4O. The van der Waals surface area contributed by atoms with Crippen molar-refractivity contribution in [2.75, 3.05) is 42.9 Å². The first-order chi connectivity index (χ1) is 12.1. The number of carbonyl (C=O) groups excluding carboxylic acids is 1. The van der Waals surface area contributed by atoms with Crippen LogP contribution in [0.2, 0.25) is 0 Å². The molecule has 0 aliphatic carbocycles. The molecule has 1 N–H and O–H groups in total. The second-order valence-electron chi connectivity index (χ2n) is 6.61. The fourth-order valence-corrected chi connectivity index (χ4v) is 3.04. The standard InChI is InChI=1S/C20H26N4O/c1-16-6-7-18(15-17(16)2)22-20(25)8-10-23-11-13-24(14-12-23)19-5-3-4-9-21-19/h3-7,9,15H,8,10-14H2,1-2H3,(H,22,25). The first kappa shape index (κ1) is 17.4. The van der Waals surface area contributed by atoms with Crippen molar-refractivity contribution in [3.8, 4) is 0 Å². The van der Waals surface area contributed by atoms with E-state index in [-0.39, 0.29) is 5.91 Å². The van der Waals surface area contributed by atoms with Crippen molar-refractivity contribution in [3.63, 3.8) is 0 Å². The Bertz CT molecular complexity index is 709. The molecule has 2 aromatic rings. The lowest BCUT2D eigenvalue weighted by Crippen LogP contribution is -2.47. The number of benzene rings is 1. The van der Waals surface area contributed by atoms with Crippen molar-refractivity contribution in [1.29, 1.82) is 0 Å². The number of nitrogens with zero attached hydrogens (tertiary/aromatic N) is 3. The monoisotopic (exact) mass is 338 g/mol. The second-order valence-corrected chi connectivity index (χ2v) is 6.61. The maximum absolute atomic E-state index is 12.2. The van der Waals surface area contributed by atoms with Crippen molar-refractivity contribution in [3.05, 3.63) is 53.7 Å². The summed E-state index contributed by atoms with van der Waals surface area (Å²) in [6.45, 7) is 8.77. The molecule has 1 fully saturated rings. The van der Waals surface area contributed by atoms with E-state index in [2.05, 4.69) is 33.9 Å². The third-order valence-corrected chi connectivity index (χ3v) is 4.79. The van der Waals surface area contributed by atoms with E-state index in [0.29, 0.717) is 6.42 Å². The van der Waals surface area contributed by atoms with Gasteiger partial charge in [-0.2, -0.15) is 0 Å². The Balaban J connectivity index is 1.42. The molecule has 0 saturated carbocycles. The zero-order valence-corrected chi connectivity index (χ0v) is 15.0. The molecule has 1 aromatic carbocycles. The number of aromatic nitrogens is 1. The van der Waals surface area contributed by atoms with Gasteiger partial charge in [-0.3, -0.25) is 9.69 Å². The van der Waals surface area contributed by atoms with Gasteiger partial charge in [-0.1, -0.05) is 12.1 Å². The van der Waals surface area contributed by atoms with Crippen LogP contribution in [0.1, 0.15) is 17.5 Å². The molecule has 5 nitrogen and oxygen atoms in total. The number of hydrogen-bond acceptors (Lipinski definition) is 4. The van der Waals surface area contributed by atoms with E-state index < -0.39 is 0 Å². The lowest BCUT2D eigenvalue weighted by molar-refractivity contribution is -0.116. The van der Waals surface area contributed by atoms with Crippen molar-refractivity contribution in [2.24, 2.45) is 0 Å². The predicted molar refractivity (Wildman–Crippen MR) is 102 cm³/mol. The summed E-state index contributed by atoms with van der Waals surface area (Å²) in [6, 6.07) is 12.0. The van der Waals surface area contributed by atoms with Gasteiger partial charge in [0.1, 0.15) is 5.82 Å². The Morgan fingerprint density at radius 3 is 2.56 bits per heavy atom. The number of pyridine rings is 1. The minimum atomic E-state index is 0.0791. The van der Waals surface area contributed by atoms with E-state index in [1.54, 1.807) is 0 Å². The van der Waals surface area contributed by atoms with Gasteiger partial charge in [-0.05, 0) is 49.2 Å². The van der Waals surface area contributed by atoms with Crippen molar-refractivity contribution in [1.82, 2.24) is 9.88 Å². The maximum atomic E-state index is 12.2. The highest BCUT2D eigenvalue weighted by molar-refractivity contribution is 5.90. The zero-order chi connectivity index (χ0) is 17.6. The Kier molecular flexibility index (Phi) is 5.66. The number of piperazine rings is 1. The van der Waals surface area contributed by atoms with E-state index in [4.69, 9.17) is 0 Å². The summed E-state index contributed by atoms with van der Waals surface area (Å²) >= 11 is 0. The molecule has 1 amide bonds. The molecule has 0 radical (unpaired) electrons. The summed E-state index contributed by atoms with van der Waals surface area (Å²) in [7, 11) is 0. The Morgan fingerprint density at radius 2 is 1.88 bits per heavy atom. The number of rotatable bonds is 5. The van der Waals surface area contributed by atoms with Gasteiger partial charge in [-0.15, -0.1) is 0 Å². The normalized spacial score (nSPS) is 15.2. The van der Waals surface area contributed by atoms with Crippen LogP contribution in [0.3, 0.4) is 0 Å². The molecule has 1 aliphatic rings. The molecule has 1 aliphatic heterocycles. The molecular weight excluding hydrogens is 312 g/mol. The van der Waals surface area contributed by atoms with E-state index in [9.17, 15) is 4.79 Å². The fourth-order valence-electron chi connectivity index (χ4n) is 3.04. The van der Waals surface area contributed by atoms with E-state index in [1.807, 2.05) is 42.6 Å². The number of hydrogen-bond donors (Lipinski definition) is 1. The molecule has 0 atom stereocenters. The molecule has 0 bridgehead atoms. The molecule has 132 valence electrons. The molecule has 5 heteroatoms. The average molecular weight is 338 g/mol. The molecule has 2 heterocycles. The van der Waals surface area contributed by atoms with E-state index in [0.717, 1.165) is 44.2 Å². The fraction of sp³-hybridized carbons (Fsp3) is 0.400. The summed E-state index contributed by atoms with van der Waals surface area (Å²) in [5.41, 5.74) is 3.32. The minimum Gasteiger partial charge on any atom is -0.354 e. The number of nitrogens with one attached hydrogen (secondary N) is 1. The largest absolute Gasteiger partial charge is 0.354 e.